The van der Waals surface area contributed by atoms with Crippen LogP contribution in [-0.4, -0.2) is 61.9 Å². The van der Waals surface area contributed by atoms with Crippen molar-refractivity contribution in [2.24, 2.45) is 5.92 Å². The molecule has 0 spiro atoms. The third-order valence-electron chi connectivity index (χ3n) is 6.61. The Morgan fingerprint density at radius 3 is 2.45 bits per heavy atom. The molecule has 9 nitrogen and oxygen atoms in total. The molecule has 0 saturated carbocycles. The van der Waals surface area contributed by atoms with Gasteiger partial charge in [0.05, 0.1) is 32.8 Å². The standard InChI is InChI=1S/C29H36N2O7/c1-19-24(38-28(27(19)34)21-8-5-4-6-9-21)10-7-11-25(32)31-23(29(35)30-17-16-26(33)37-3)18-20-12-14-22(36-2)15-13-20/h4-9,11-15,19,23-24,27-28,34H,10,16-18H2,1-3H3,(H,30,35)(H,31,32)/b11-7+/t19-,23+,24-,27+,28-/m0/s1. The van der Waals surface area contributed by atoms with Crippen LogP contribution in [0.5, 0.6) is 5.75 Å². The molecule has 1 fully saturated rings. The van der Waals surface area contributed by atoms with Crippen molar-refractivity contribution in [1.82, 2.24) is 10.6 Å². The van der Waals surface area contributed by atoms with E-state index in [4.69, 9.17) is 9.47 Å². The van der Waals surface area contributed by atoms with Crippen LogP contribution in [-0.2, 0) is 30.3 Å². The third kappa shape index (κ3) is 8.16. The van der Waals surface area contributed by atoms with Gasteiger partial charge in [-0.05, 0) is 35.8 Å². The van der Waals surface area contributed by atoms with Crippen molar-refractivity contribution in [3.63, 3.8) is 0 Å². The summed E-state index contributed by atoms with van der Waals surface area (Å²) in [5.41, 5.74) is 1.74. The molecule has 9 heteroatoms. The quantitative estimate of drug-likeness (QED) is 0.288. The minimum atomic E-state index is -0.857. The fourth-order valence-electron chi connectivity index (χ4n) is 4.33. The van der Waals surface area contributed by atoms with Crippen molar-refractivity contribution >= 4 is 17.8 Å². The second-order valence-corrected chi connectivity index (χ2v) is 9.22. The predicted molar refractivity (Wildman–Crippen MR) is 141 cm³/mol. The summed E-state index contributed by atoms with van der Waals surface area (Å²) in [5.74, 6) is -0.712. The smallest absolute Gasteiger partial charge is 0.307 e. The van der Waals surface area contributed by atoms with Crippen molar-refractivity contribution in [2.45, 2.75) is 50.5 Å². The van der Waals surface area contributed by atoms with Gasteiger partial charge in [-0.2, -0.15) is 0 Å². The molecular weight excluding hydrogens is 488 g/mol. The summed E-state index contributed by atoms with van der Waals surface area (Å²) < 4.78 is 15.9. The van der Waals surface area contributed by atoms with Gasteiger partial charge in [0.15, 0.2) is 0 Å². The number of methoxy groups -OCH3 is 2. The number of rotatable bonds is 12. The highest BCUT2D eigenvalue weighted by molar-refractivity contribution is 5.93. The Bertz CT molecular complexity index is 1090. The molecular formula is C29H36N2O7. The first-order chi connectivity index (χ1) is 18.3. The molecule has 2 aromatic rings. The number of hydrogen-bond donors (Lipinski definition) is 3. The van der Waals surface area contributed by atoms with Gasteiger partial charge < -0.3 is 30.0 Å². The molecule has 0 radical (unpaired) electrons. The van der Waals surface area contributed by atoms with E-state index in [1.54, 1.807) is 25.3 Å². The number of carbonyl (C=O) groups excluding carboxylic acids is 3. The topological polar surface area (TPSA) is 123 Å². The summed E-state index contributed by atoms with van der Waals surface area (Å²) in [6, 6.07) is 15.9. The molecule has 1 heterocycles. The zero-order valence-corrected chi connectivity index (χ0v) is 22.0. The predicted octanol–water partition coefficient (Wildman–Crippen LogP) is 2.49. The minimum absolute atomic E-state index is 0.0285. The van der Waals surface area contributed by atoms with E-state index in [0.717, 1.165) is 11.1 Å². The van der Waals surface area contributed by atoms with Crippen LogP contribution >= 0.6 is 0 Å². The molecule has 2 amide bonds. The van der Waals surface area contributed by atoms with E-state index in [1.807, 2.05) is 49.4 Å². The van der Waals surface area contributed by atoms with E-state index in [0.29, 0.717) is 12.2 Å². The number of hydrogen-bond acceptors (Lipinski definition) is 7. The molecule has 38 heavy (non-hydrogen) atoms. The maximum atomic E-state index is 12.8. The van der Waals surface area contributed by atoms with E-state index >= 15 is 0 Å². The first kappa shape index (κ1) is 28.9. The Balaban J connectivity index is 1.59. The van der Waals surface area contributed by atoms with Gasteiger partial charge >= 0.3 is 5.97 Å². The fourth-order valence-corrected chi connectivity index (χ4v) is 4.33. The van der Waals surface area contributed by atoms with E-state index in [-0.39, 0.29) is 31.4 Å². The molecule has 204 valence electrons. The highest BCUT2D eigenvalue weighted by Gasteiger charge is 2.40. The Hall–Kier alpha value is -3.69. The molecule has 5 atom stereocenters. The number of carbonyl (C=O) groups is 3. The van der Waals surface area contributed by atoms with Gasteiger partial charge in [0.25, 0.3) is 0 Å². The first-order valence-corrected chi connectivity index (χ1v) is 12.6. The van der Waals surface area contributed by atoms with Crippen molar-refractivity contribution in [3.8, 4) is 5.75 Å². The molecule has 1 aliphatic rings. The van der Waals surface area contributed by atoms with Crippen molar-refractivity contribution < 1.29 is 33.7 Å². The van der Waals surface area contributed by atoms with Gasteiger partial charge in [-0.3, -0.25) is 14.4 Å². The molecule has 3 rings (SSSR count). The van der Waals surface area contributed by atoms with E-state index in [2.05, 4.69) is 15.4 Å². The number of nitrogens with one attached hydrogen (secondary N) is 2. The second kappa shape index (κ2) is 14.3. The molecule has 0 bridgehead atoms. The lowest BCUT2D eigenvalue weighted by atomic mass is 9.94. The molecule has 3 N–H and O–H groups in total. The Labute approximate surface area is 223 Å². The summed E-state index contributed by atoms with van der Waals surface area (Å²) in [7, 11) is 2.85. The van der Waals surface area contributed by atoms with Crippen molar-refractivity contribution in [1.29, 1.82) is 0 Å². The van der Waals surface area contributed by atoms with Crippen LogP contribution in [0, 0.1) is 5.92 Å². The number of benzene rings is 2. The lowest BCUT2D eigenvalue weighted by Gasteiger charge is -2.18. The molecule has 2 aromatic carbocycles. The van der Waals surface area contributed by atoms with E-state index in [1.165, 1.54) is 13.2 Å². The summed E-state index contributed by atoms with van der Waals surface area (Å²) in [6.07, 6.45) is 2.46. The first-order valence-electron chi connectivity index (χ1n) is 12.6. The molecule has 0 aromatic heterocycles. The normalized spacial score (nSPS) is 21.6. The van der Waals surface area contributed by atoms with Gasteiger partial charge in [-0.25, -0.2) is 0 Å². The van der Waals surface area contributed by atoms with Gasteiger partial charge in [0, 0.05) is 18.9 Å². The summed E-state index contributed by atoms with van der Waals surface area (Å²) in [5, 5.41) is 16.1. The average molecular weight is 525 g/mol. The van der Waals surface area contributed by atoms with E-state index in [9.17, 15) is 19.5 Å². The van der Waals surface area contributed by atoms with Gasteiger partial charge in [-0.15, -0.1) is 0 Å². The van der Waals surface area contributed by atoms with Crippen LogP contribution in [0.2, 0.25) is 0 Å². The zero-order chi connectivity index (χ0) is 27.5. The number of ether oxygens (including phenoxy) is 3. The summed E-state index contributed by atoms with van der Waals surface area (Å²) in [4.78, 5) is 36.9. The number of esters is 1. The Morgan fingerprint density at radius 1 is 1.08 bits per heavy atom. The summed E-state index contributed by atoms with van der Waals surface area (Å²) >= 11 is 0. The molecule has 0 aliphatic carbocycles. The van der Waals surface area contributed by atoms with Crippen LogP contribution in [0.25, 0.3) is 0 Å². The van der Waals surface area contributed by atoms with Crippen LogP contribution in [0.3, 0.4) is 0 Å². The minimum Gasteiger partial charge on any atom is -0.497 e. The van der Waals surface area contributed by atoms with Gasteiger partial charge in [-0.1, -0.05) is 55.5 Å². The van der Waals surface area contributed by atoms with Crippen LogP contribution < -0.4 is 15.4 Å². The molecule has 1 aliphatic heterocycles. The highest BCUT2D eigenvalue weighted by Crippen LogP contribution is 2.38. The Morgan fingerprint density at radius 2 is 1.79 bits per heavy atom. The van der Waals surface area contributed by atoms with Crippen LogP contribution in [0.4, 0.5) is 0 Å². The van der Waals surface area contributed by atoms with Crippen LogP contribution in [0.1, 0.15) is 37.0 Å². The monoisotopic (exact) mass is 524 g/mol. The maximum Gasteiger partial charge on any atom is 0.307 e. The van der Waals surface area contributed by atoms with Crippen LogP contribution in [0.15, 0.2) is 66.7 Å². The largest absolute Gasteiger partial charge is 0.497 e. The lowest BCUT2D eigenvalue weighted by molar-refractivity contribution is -0.140. The Kier molecular flexibility index (Phi) is 10.9. The SMILES string of the molecule is COC(=O)CCNC(=O)[C@@H](Cc1ccc(OC)cc1)NC(=O)/C=C/C[C@@H]1O[C@@H](c2ccccc2)[C@H](O)[C@H]1C. The van der Waals surface area contributed by atoms with Gasteiger partial charge in [0.2, 0.25) is 11.8 Å². The second-order valence-electron chi connectivity index (χ2n) is 9.22. The van der Waals surface area contributed by atoms with Gasteiger partial charge in [0.1, 0.15) is 17.9 Å². The maximum absolute atomic E-state index is 12.8. The number of aliphatic hydroxyl groups excluding tert-OH is 1. The fraction of sp³-hybridized carbons (Fsp3) is 0.414. The lowest BCUT2D eigenvalue weighted by Crippen LogP contribution is -2.48. The third-order valence-corrected chi connectivity index (χ3v) is 6.61. The van der Waals surface area contributed by atoms with E-state index < -0.39 is 36.0 Å². The zero-order valence-electron chi connectivity index (χ0n) is 22.0. The van der Waals surface area contributed by atoms with Crippen molar-refractivity contribution in [2.75, 3.05) is 20.8 Å². The number of amides is 2. The molecule has 1 saturated heterocycles. The number of aliphatic hydroxyl groups is 1. The average Bonchev–Trinajstić information content (AvgIpc) is 3.22. The molecule has 0 unspecified atom stereocenters. The summed E-state index contributed by atoms with van der Waals surface area (Å²) in [6.45, 7) is 2.02. The highest BCUT2D eigenvalue weighted by atomic mass is 16.5. The van der Waals surface area contributed by atoms with Crippen molar-refractivity contribution in [3.05, 3.63) is 77.9 Å².